The second kappa shape index (κ2) is 4.37. The first kappa shape index (κ1) is 11.6. The molecule has 1 aromatic carbocycles. The zero-order valence-electron chi connectivity index (χ0n) is 7.42. The van der Waals surface area contributed by atoms with E-state index in [2.05, 4.69) is 20.7 Å². The van der Waals surface area contributed by atoms with Crippen LogP contribution in [0.25, 0.3) is 0 Å². The van der Waals surface area contributed by atoms with E-state index in [4.69, 9.17) is 0 Å². The van der Waals surface area contributed by atoms with Crippen LogP contribution in [0.5, 0.6) is 0 Å². The molecule has 0 heterocycles. The Hall–Kier alpha value is -0.460. The fourth-order valence-corrected chi connectivity index (χ4v) is 2.25. The van der Waals surface area contributed by atoms with Crippen LogP contribution in [-0.2, 0) is 15.8 Å². The van der Waals surface area contributed by atoms with E-state index < -0.39 is 15.8 Å². The summed E-state index contributed by atoms with van der Waals surface area (Å²) >= 11 is 3.09. The van der Waals surface area contributed by atoms with E-state index in [1.165, 1.54) is 19.2 Å². The molecule has 1 aromatic rings. The summed E-state index contributed by atoms with van der Waals surface area (Å²) in [5.41, 5.74) is 0.409. The summed E-state index contributed by atoms with van der Waals surface area (Å²) in [6, 6.07) is 4.03. The normalized spacial score (nSPS) is 11.6. The Balaban J connectivity index is 2.98. The van der Waals surface area contributed by atoms with Crippen LogP contribution in [0, 0.1) is 5.82 Å². The Kier molecular flexibility index (Phi) is 3.63. The van der Waals surface area contributed by atoms with Crippen LogP contribution in [-0.4, -0.2) is 15.5 Å². The first-order valence-corrected chi connectivity index (χ1v) is 6.23. The Labute approximate surface area is 90.5 Å². The van der Waals surface area contributed by atoms with E-state index in [0.29, 0.717) is 10.0 Å². The van der Waals surface area contributed by atoms with Gasteiger partial charge in [-0.3, -0.25) is 0 Å². The zero-order valence-corrected chi connectivity index (χ0v) is 9.82. The molecule has 0 aliphatic rings. The molecule has 3 nitrogen and oxygen atoms in total. The molecule has 0 amide bonds. The molecule has 1 rings (SSSR count). The number of hydrogen-bond acceptors (Lipinski definition) is 2. The highest BCUT2D eigenvalue weighted by atomic mass is 79.9. The lowest BCUT2D eigenvalue weighted by atomic mass is 10.2. The fraction of sp³-hybridized carbons (Fsp3) is 0.250. The van der Waals surface area contributed by atoms with Crippen LogP contribution in [0.15, 0.2) is 22.7 Å². The highest BCUT2D eigenvalue weighted by Gasteiger charge is 2.09. The van der Waals surface area contributed by atoms with Gasteiger partial charge in [-0.15, -0.1) is 0 Å². The maximum Gasteiger partial charge on any atom is 0.215 e. The lowest BCUT2D eigenvalue weighted by Gasteiger charge is -2.03. The van der Waals surface area contributed by atoms with Crippen molar-refractivity contribution in [1.82, 2.24) is 4.72 Å². The second-order valence-corrected chi connectivity index (χ2v) is 5.58. The number of hydrogen-bond donors (Lipinski definition) is 1. The lowest BCUT2D eigenvalue weighted by Crippen LogP contribution is -2.20. The standard InChI is InChI=1S/C8H9BrFNO2S/c1-11-14(12,13)5-6-2-7(9)4-8(10)3-6/h2-4,11H,5H2,1H3. The number of sulfonamides is 1. The predicted molar refractivity (Wildman–Crippen MR) is 55.8 cm³/mol. The summed E-state index contributed by atoms with van der Waals surface area (Å²) < 4.78 is 37.8. The van der Waals surface area contributed by atoms with Crippen LogP contribution in [0.3, 0.4) is 0 Å². The number of halogens is 2. The summed E-state index contributed by atoms with van der Waals surface area (Å²) in [6.45, 7) is 0. The molecule has 0 bridgehead atoms. The van der Waals surface area contributed by atoms with Crippen LogP contribution in [0.2, 0.25) is 0 Å². The third-order valence-electron chi connectivity index (χ3n) is 1.59. The Morgan fingerprint density at radius 3 is 2.57 bits per heavy atom. The van der Waals surface area contributed by atoms with Gasteiger partial charge in [-0.1, -0.05) is 15.9 Å². The minimum Gasteiger partial charge on any atom is -0.218 e. The van der Waals surface area contributed by atoms with E-state index in [-0.39, 0.29) is 5.75 Å². The smallest absolute Gasteiger partial charge is 0.215 e. The summed E-state index contributed by atoms with van der Waals surface area (Å²) in [4.78, 5) is 0. The van der Waals surface area contributed by atoms with Crippen molar-refractivity contribution in [2.45, 2.75) is 5.75 Å². The molecule has 0 saturated carbocycles. The minimum absolute atomic E-state index is 0.222. The average Bonchev–Trinajstić information content (AvgIpc) is 2.01. The molecule has 14 heavy (non-hydrogen) atoms. The van der Waals surface area contributed by atoms with E-state index >= 15 is 0 Å². The van der Waals surface area contributed by atoms with Crippen molar-refractivity contribution in [3.63, 3.8) is 0 Å². The first-order chi connectivity index (χ1) is 6.43. The SMILES string of the molecule is CNS(=O)(=O)Cc1cc(F)cc(Br)c1. The average molecular weight is 282 g/mol. The van der Waals surface area contributed by atoms with Crippen molar-refractivity contribution in [2.75, 3.05) is 7.05 Å². The first-order valence-electron chi connectivity index (χ1n) is 3.79. The molecule has 78 valence electrons. The van der Waals surface area contributed by atoms with Gasteiger partial charge in [0, 0.05) is 4.47 Å². The van der Waals surface area contributed by atoms with Gasteiger partial charge in [-0.25, -0.2) is 17.5 Å². The summed E-state index contributed by atoms with van der Waals surface area (Å²) in [6.07, 6.45) is 0. The molecule has 0 saturated heterocycles. The minimum atomic E-state index is -3.34. The molecule has 1 N–H and O–H groups in total. The molecule has 0 aromatic heterocycles. The van der Waals surface area contributed by atoms with Crippen molar-refractivity contribution in [1.29, 1.82) is 0 Å². The van der Waals surface area contributed by atoms with Crippen molar-refractivity contribution in [2.24, 2.45) is 0 Å². The van der Waals surface area contributed by atoms with Crippen molar-refractivity contribution in [3.05, 3.63) is 34.1 Å². The van der Waals surface area contributed by atoms with Gasteiger partial charge in [-0.05, 0) is 30.8 Å². The van der Waals surface area contributed by atoms with Crippen LogP contribution in [0.4, 0.5) is 4.39 Å². The number of nitrogens with one attached hydrogen (secondary N) is 1. The highest BCUT2D eigenvalue weighted by molar-refractivity contribution is 9.10. The van der Waals surface area contributed by atoms with Gasteiger partial charge < -0.3 is 0 Å². The molecule has 0 aliphatic carbocycles. The van der Waals surface area contributed by atoms with Gasteiger partial charge in [0.25, 0.3) is 0 Å². The lowest BCUT2D eigenvalue weighted by molar-refractivity contribution is 0.587. The van der Waals surface area contributed by atoms with Gasteiger partial charge in [-0.2, -0.15) is 0 Å². The van der Waals surface area contributed by atoms with Crippen molar-refractivity contribution >= 4 is 26.0 Å². The molecular formula is C8H9BrFNO2S. The monoisotopic (exact) mass is 281 g/mol. The van der Waals surface area contributed by atoms with E-state index in [1.54, 1.807) is 6.07 Å². The van der Waals surface area contributed by atoms with Crippen LogP contribution < -0.4 is 4.72 Å². The van der Waals surface area contributed by atoms with Crippen molar-refractivity contribution in [3.8, 4) is 0 Å². The number of rotatable bonds is 3. The van der Waals surface area contributed by atoms with E-state index in [0.717, 1.165) is 0 Å². The molecular weight excluding hydrogens is 273 g/mol. The Bertz CT molecular complexity index is 413. The largest absolute Gasteiger partial charge is 0.218 e. The number of benzene rings is 1. The molecule has 0 unspecified atom stereocenters. The third kappa shape index (κ3) is 3.36. The van der Waals surface area contributed by atoms with Gasteiger partial charge in [0.15, 0.2) is 0 Å². The Morgan fingerprint density at radius 1 is 1.43 bits per heavy atom. The van der Waals surface area contributed by atoms with E-state index in [9.17, 15) is 12.8 Å². The third-order valence-corrected chi connectivity index (χ3v) is 3.38. The van der Waals surface area contributed by atoms with Gasteiger partial charge in [0.05, 0.1) is 5.75 Å². The van der Waals surface area contributed by atoms with Crippen LogP contribution in [0.1, 0.15) is 5.56 Å². The molecule has 0 aliphatic heterocycles. The van der Waals surface area contributed by atoms with Crippen molar-refractivity contribution < 1.29 is 12.8 Å². The zero-order chi connectivity index (χ0) is 10.8. The fourth-order valence-electron chi connectivity index (χ4n) is 0.986. The van der Waals surface area contributed by atoms with Gasteiger partial charge in [0.1, 0.15) is 5.82 Å². The quantitative estimate of drug-likeness (QED) is 0.916. The Morgan fingerprint density at radius 2 is 2.07 bits per heavy atom. The maximum absolute atomic E-state index is 12.9. The molecule has 0 radical (unpaired) electrons. The van der Waals surface area contributed by atoms with Gasteiger partial charge >= 0.3 is 0 Å². The van der Waals surface area contributed by atoms with E-state index in [1.807, 2.05) is 0 Å². The molecule has 0 spiro atoms. The molecule has 0 atom stereocenters. The highest BCUT2D eigenvalue weighted by Crippen LogP contribution is 2.16. The summed E-state index contributed by atoms with van der Waals surface area (Å²) in [5.74, 6) is -0.680. The summed E-state index contributed by atoms with van der Waals surface area (Å²) in [7, 11) is -2.02. The predicted octanol–water partition coefficient (Wildman–Crippen LogP) is 1.64. The van der Waals surface area contributed by atoms with Crippen LogP contribution >= 0.6 is 15.9 Å². The summed E-state index contributed by atoms with van der Waals surface area (Å²) in [5, 5.41) is 0. The maximum atomic E-state index is 12.9. The molecule has 0 fully saturated rings. The second-order valence-electron chi connectivity index (χ2n) is 2.74. The topological polar surface area (TPSA) is 46.2 Å². The molecule has 6 heteroatoms. The van der Waals surface area contributed by atoms with Gasteiger partial charge in [0.2, 0.25) is 10.0 Å².